The van der Waals surface area contributed by atoms with E-state index in [4.69, 9.17) is 4.74 Å². The van der Waals surface area contributed by atoms with Crippen LogP contribution in [0.25, 0.3) is 0 Å². The highest BCUT2D eigenvalue weighted by atomic mass is 16.5. The van der Waals surface area contributed by atoms with Crippen LogP contribution in [0, 0.1) is 39.4 Å². The first-order valence-corrected chi connectivity index (χ1v) is 11.0. The molecule has 3 heteroatoms. The molecule has 4 saturated carbocycles. The number of hydrogen-bond acceptors (Lipinski definition) is 3. The van der Waals surface area contributed by atoms with E-state index in [0.717, 1.165) is 36.7 Å². The van der Waals surface area contributed by atoms with Crippen LogP contribution in [0.4, 0.5) is 0 Å². The van der Waals surface area contributed by atoms with Crippen LogP contribution in [0.15, 0.2) is 29.0 Å². The molecule has 0 aromatic rings. The van der Waals surface area contributed by atoms with Crippen molar-refractivity contribution in [1.29, 1.82) is 0 Å². The monoisotopic (exact) mass is 353 g/mol. The molecule has 4 fully saturated rings. The van der Waals surface area contributed by atoms with E-state index in [9.17, 15) is 4.91 Å². The van der Waals surface area contributed by atoms with Gasteiger partial charge in [0.25, 0.3) is 0 Å². The fraction of sp³-hybridized carbons (Fsp3) is 0.826. The number of allylic oxidation sites excluding steroid dienone is 1. The predicted molar refractivity (Wildman–Crippen MR) is 102 cm³/mol. The average Bonchev–Trinajstić information content (AvgIpc) is 3.14. The van der Waals surface area contributed by atoms with Crippen LogP contribution < -0.4 is 0 Å². The lowest BCUT2D eigenvalue weighted by atomic mass is 9.48. The van der Waals surface area contributed by atoms with Crippen LogP contribution in [-0.4, -0.2) is 18.2 Å². The third-order valence-corrected chi connectivity index (χ3v) is 9.79. The molecule has 0 saturated heterocycles. The molecular formula is C23H31NO2. The van der Waals surface area contributed by atoms with Gasteiger partial charge in [-0.3, -0.25) is 0 Å². The minimum Gasteiger partial charge on any atom is -0.366 e. The van der Waals surface area contributed by atoms with Gasteiger partial charge in [-0.25, -0.2) is 0 Å². The van der Waals surface area contributed by atoms with E-state index in [0.29, 0.717) is 10.8 Å². The highest BCUT2D eigenvalue weighted by Crippen LogP contribution is 2.72. The SMILES string of the molecule is C[C@]12CCC3C(CC4(CC4)C4=CC(N=O)CC[C@@H]43)C1CC[C@@]21C=CCO1. The van der Waals surface area contributed by atoms with Crippen molar-refractivity contribution in [3.63, 3.8) is 0 Å². The summed E-state index contributed by atoms with van der Waals surface area (Å²) in [6.45, 7) is 3.37. The lowest BCUT2D eigenvalue weighted by molar-refractivity contribution is -0.115. The fourth-order valence-corrected chi connectivity index (χ4v) is 8.37. The van der Waals surface area contributed by atoms with Crippen molar-refractivity contribution >= 4 is 0 Å². The Hall–Kier alpha value is -0.960. The smallest absolute Gasteiger partial charge is 0.110 e. The topological polar surface area (TPSA) is 38.7 Å². The maximum absolute atomic E-state index is 11.2. The van der Waals surface area contributed by atoms with Crippen molar-refractivity contribution in [2.45, 2.75) is 76.4 Å². The number of nitrogens with zero attached hydrogens (tertiary/aromatic N) is 1. The third kappa shape index (κ3) is 1.84. The van der Waals surface area contributed by atoms with Crippen LogP contribution in [0.1, 0.15) is 64.7 Å². The van der Waals surface area contributed by atoms with Crippen LogP contribution in [0.5, 0.6) is 0 Å². The number of hydrogen-bond donors (Lipinski definition) is 0. The van der Waals surface area contributed by atoms with Crippen molar-refractivity contribution < 1.29 is 4.74 Å². The summed E-state index contributed by atoms with van der Waals surface area (Å²) in [6.07, 6.45) is 18.5. The predicted octanol–water partition coefficient (Wildman–Crippen LogP) is 5.41. The first kappa shape index (κ1) is 16.0. The summed E-state index contributed by atoms with van der Waals surface area (Å²) >= 11 is 0. The van der Waals surface area contributed by atoms with Crippen LogP contribution in [0.3, 0.4) is 0 Å². The summed E-state index contributed by atoms with van der Waals surface area (Å²) in [5.41, 5.74) is 2.49. The molecule has 6 rings (SSSR count). The fourth-order valence-electron chi connectivity index (χ4n) is 8.37. The molecule has 2 spiro atoms. The highest BCUT2D eigenvalue weighted by molar-refractivity contribution is 5.34. The Bertz CT molecular complexity index is 707. The zero-order valence-corrected chi connectivity index (χ0v) is 16.0. The Kier molecular flexibility index (Phi) is 3.14. The average molecular weight is 354 g/mol. The molecule has 0 N–H and O–H groups in total. The van der Waals surface area contributed by atoms with E-state index in [1.807, 2.05) is 0 Å². The summed E-state index contributed by atoms with van der Waals surface area (Å²) in [5.74, 6) is 3.29. The van der Waals surface area contributed by atoms with Gasteiger partial charge in [-0.05, 0) is 86.9 Å². The van der Waals surface area contributed by atoms with Gasteiger partial charge in [-0.2, -0.15) is 4.91 Å². The van der Waals surface area contributed by atoms with Crippen molar-refractivity contribution in [1.82, 2.24) is 0 Å². The number of ether oxygens (including phenoxy) is 1. The van der Waals surface area contributed by atoms with Crippen molar-refractivity contribution in [2.24, 2.45) is 39.7 Å². The molecule has 0 radical (unpaired) electrons. The summed E-state index contributed by atoms with van der Waals surface area (Å²) in [6, 6.07) is -0.0455. The van der Waals surface area contributed by atoms with Gasteiger partial charge < -0.3 is 4.74 Å². The molecule has 0 aromatic heterocycles. The minimum atomic E-state index is -0.0455. The Morgan fingerprint density at radius 3 is 2.69 bits per heavy atom. The van der Waals surface area contributed by atoms with Gasteiger partial charge in [0.05, 0.1) is 12.2 Å². The standard InChI is InChI=1S/C23H31NO2/c1-21-8-5-16-17-4-3-15(24-25)13-20(17)22(10-11-22)14-18(16)19(21)6-9-23(21)7-2-12-26-23/h2,7,13,15-19H,3-6,8-12,14H2,1H3/t15?,16?,17-,18?,19?,21+,23+/m1/s1. The zero-order valence-electron chi connectivity index (χ0n) is 16.0. The molecule has 3 nitrogen and oxygen atoms in total. The second kappa shape index (κ2) is 5.10. The van der Waals surface area contributed by atoms with Crippen LogP contribution in [0.2, 0.25) is 0 Å². The van der Waals surface area contributed by atoms with Crippen molar-refractivity contribution in [2.75, 3.05) is 6.61 Å². The van der Waals surface area contributed by atoms with E-state index in [1.165, 1.54) is 51.4 Å². The minimum absolute atomic E-state index is 0.0363. The maximum atomic E-state index is 11.2. The largest absolute Gasteiger partial charge is 0.366 e. The Balaban J connectivity index is 1.37. The second-order valence-corrected chi connectivity index (χ2v) is 10.5. The molecule has 7 atom stereocenters. The first-order chi connectivity index (χ1) is 12.6. The van der Waals surface area contributed by atoms with Crippen molar-refractivity contribution in [3.8, 4) is 0 Å². The van der Waals surface area contributed by atoms with Gasteiger partial charge >= 0.3 is 0 Å². The molecule has 0 amide bonds. The third-order valence-electron chi connectivity index (χ3n) is 9.79. The molecule has 6 aliphatic rings. The molecule has 26 heavy (non-hydrogen) atoms. The molecule has 1 heterocycles. The summed E-state index contributed by atoms with van der Waals surface area (Å²) in [5, 5.41) is 3.40. The Morgan fingerprint density at radius 1 is 1.08 bits per heavy atom. The molecule has 5 aliphatic carbocycles. The quantitative estimate of drug-likeness (QED) is 0.467. The van der Waals surface area contributed by atoms with E-state index in [1.54, 1.807) is 5.57 Å². The number of nitroso groups, excluding NO2 is 1. The van der Waals surface area contributed by atoms with Gasteiger partial charge in [0.15, 0.2) is 0 Å². The molecular weight excluding hydrogens is 322 g/mol. The van der Waals surface area contributed by atoms with Gasteiger partial charge in [-0.1, -0.05) is 35.9 Å². The second-order valence-electron chi connectivity index (χ2n) is 10.5. The van der Waals surface area contributed by atoms with Gasteiger partial charge in [0.1, 0.15) is 6.04 Å². The number of fused-ring (bicyclic) bond motifs is 7. The van der Waals surface area contributed by atoms with Crippen LogP contribution in [-0.2, 0) is 4.74 Å². The molecule has 140 valence electrons. The van der Waals surface area contributed by atoms with Gasteiger partial charge in [0, 0.05) is 5.41 Å². The summed E-state index contributed by atoms with van der Waals surface area (Å²) in [7, 11) is 0. The normalized spacial score (nSPS) is 53.1. The first-order valence-electron chi connectivity index (χ1n) is 11.0. The molecule has 0 bridgehead atoms. The van der Waals surface area contributed by atoms with Crippen LogP contribution >= 0.6 is 0 Å². The number of rotatable bonds is 1. The summed E-state index contributed by atoms with van der Waals surface area (Å²) < 4.78 is 6.39. The summed E-state index contributed by atoms with van der Waals surface area (Å²) in [4.78, 5) is 11.2. The van der Waals surface area contributed by atoms with Gasteiger partial charge in [-0.15, -0.1) is 0 Å². The zero-order chi connectivity index (χ0) is 17.6. The lowest BCUT2D eigenvalue weighted by Crippen LogP contribution is -2.53. The lowest BCUT2D eigenvalue weighted by Gasteiger charge is -2.57. The Morgan fingerprint density at radius 2 is 1.96 bits per heavy atom. The van der Waals surface area contributed by atoms with E-state index in [2.05, 4.69) is 30.3 Å². The van der Waals surface area contributed by atoms with Gasteiger partial charge in [0.2, 0.25) is 0 Å². The molecule has 0 aromatic carbocycles. The van der Waals surface area contributed by atoms with E-state index >= 15 is 0 Å². The molecule has 4 unspecified atom stereocenters. The van der Waals surface area contributed by atoms with E-state index in [-0.39, 0.29) is 11.6 Å². The molecule has 1 aliphatic heterocycles. The maximum Gasteiger partial charge on any atom is 0.110 e. The van der Waals surface area contributed by atoms with Crippen molar-refractivity contribution in [3.05, 3.63) is 28.7 Å². The Labute approximate surface area is 156 Å². The van der Waals surface area contributed by atoms with E-state index < -0.39 is 0 Å². The highest BCUT2D eigenvalue weighted by Gasteiger charge is 2.66.